The van der Waals surface area contributed by atoms with Crippen molar-refractivity contribution in [2.45, 2.75) is 6.92 Å². The Morgan fingerprint density at radius 3 is 2.48 bits per heavy atom. The fraction of sp³-hybridized carbons (Fsp3) is 0.143. The van der Waals surface area contributed by atoms with Crippen LogP contribution in [0.1, 0.15) is 12.5 Å². The lowest BCUT2D eigenvalue weighted by molar-refractivity contribution is -0.394. The first kappa shape index (κ1) is 23.9. The van der Waals surface area contributed by atoms with Crippen molar-refractivity contribution in [1.82, 2.24) is 4.90 Å². The van der Waals surface area contributed by atoms with Crippen LogP contribution >= 0.6 is 24.0 Å². The zero-order valence-electron chi connectivity index (χ0n) is 17.3. The molecule has 0 bridgehead atoms. The van der Waals surface area contributed by atoms with E-state index in [1.807, 2.05) is 0 Å². The number of carbonyl (C=O) groups is 1. The molecule has 1 amide bonds. The van der Waals surface area contributed by atoms with Crippen molar-refractivity contribution >= 4 is 51.7 Å². The minimum atomic E-state index is -0.762. The van der Waals surface area contributed by atoms with Crippen LogP contribution in [0.3, 0.4) is 0 Å². The van der Waals surface area contributed by atoms with E-state index in [1.165, 1.54) is 22.7 Å². The van der Waals surface area contributed by atoms with Gasteiger partial charge in [-0.05, 0) is 36.8 Å². The van der Waals surface area contributed by atoms with Gasteiger partial charge in [-0.25, -0.2) is 0 Å². The Morgan fingerprint density at radius 1 is 1.12 bits per heavy atom. The number of hydrogen-bond acceptors (Lipinski definition) is 9. The minimum Gasteiger partial charge on any atom is -0.490 e. The summed E-state index contributed by atoms with van der Waals surface area (Å²) in [6.45, 7) is 5.97. The second kappa shape index (κ2) is 10.2. The lowest BCUT2D eigenvalue weighted by Gasteiger charge is -2.13. The number of carbonyl (C=O) groups excluding carboxylic acids is 1. The highest BCUT2D eigenvalue weighted by molar-refractivity contribution is 8.26. The molecule has 3 rings (SSSR count). The van der Waals surface area contributed by atoms with Crippen LogP contribution in [0, 0.1) is 20.2 Å². The highest BCUT2D eigenvalue weighted by Crippen LogP contribution is 2.39. The van der Waals surface area contributed by atoms with Crippen LogP contribution in [-0.4, -0.2) is 38.1 Å². The topological polar surface area (TPSA) is 125 Å². The van der Waals surface area contributed by atoms with Crippen LogP contribution in [0.15, 0.2) is 54.0 Å². The molecule has 0 saturated carbocycles. The molecule has 12 heteroatoms. The third kappa shape index (κ3) is 5.35. The molecule has 0 aliphatic carbocycles. The van der Waals surface area contributed by atoms with Crippen molar-refractivity contribution in [3.8, 4) is 17.2 Å². The molecule has 1 fully saturated rings. The molecule has 1 heterocycles. The predicted octanol–water partition coefficient (Wildman–Crippen LogP) is 5.08. The number of nitro benzene ring substituents is 2. The average molecular weight is 488 g/mol. The second-order valence-electron chi connectivity index (χ2n) is 6.49. The molecule has 10 nitrogen and oxygen atoms in total. The van der Waals surface area contributed by atoms with Crippen LogP contribution in [0.2, 0.25) is 0 Å². The molecule has 0 spiro atoms. The number of nitrogens with zero attached hydrogens (tertiary/aromatic N) is 3. The number of hydrogen-bond donors (Lipinski definition) is 0. The van der Waals surface area contributed by atoms with Gasteiger partial charge in [0.1, 0.15) is 4.32 Å². The summed E-state index contributed by atoms with van der Waals surface area (Å²) in [5.74, 6) is 0.0416. The van der Waals surface area contributed by atoms with Crippen molar-refractivity contribution in [3.63, 3.8) is 0 Å². The summed E-state index contributed by atoms with van der Waals surface area (Å²) < 4.78 is 11.7. The highest BCUT2D eigenvalue weighted by Gasteiger charge is 2.31. The Hall–Kier alpha value is -3.77. The van der Waals surface area contributed by atoms with Gasteiger partial charge in [-0.3, -0.25) is 29.9 Å². The molecule has 33 heavy (non-hydrogen) atoms. The fourth-order valence-electron chi connectivity index (χ4n) is 2.87. The molecule has 1 saturated heterocycles. The lowest BCUT2D eigenvalue weighted by atomic mass is 10.1. The highest BCUT2D eigenvalue weighted by atomic mass is 32.2. The van der Waals surface area contributed by atoms with Gasteiger partial charge in [0.25, 0.3) is 11.6 Å². The maximum atomic E-state index is 12.5. The van der Waals surface area contributed by atoms with Gasteiger partial charge in [0.15, 0.2) is 11.5 Å². The van der Waals surface area contributed by atoms with Crippen LogP contribution in [0.4, 0.5) is 11.4 Å². The molecule has 0 radical (unpaired) electrons. The van der Waals surface area contributed by atoms with Gasteiger partial charge >= 0.3 is 5.69 Å². The lowest BCUT2D eigenvalue weighted by Crippen LogP contribution is -2.27. The van der Waals surface area contributed by atoms with Gasteiger partial charge in [0.2, 0.25) is 5.75 Å². The summed E-state index contributed by atoms with van der Waals surface area (Å²) in [6, 6.07) is 7.90. The molecular weight excluding hydrogens is 470 g/mol. The maximum absolute atomic E-state index is 12.5. The first-order valence-electron chi connectivity index (χ1n) is 9.49. The number of rotatable bonds is 9. The number of nitro groups is 2. The zero-order valence-corrected chi connectivity index (χ0v) is 18.9. The number of benzene rings is 2. The summed E-state index contributed by atoms with van der Waals surface area (Å²) in [5.41, 5.74) is -0.354. The smallest absolute Gasteiger partial charge is 0.318 e. The Morgan fingerprint density at radius 2 is 1.85 bits per heavy atom. The summed E-state index contributed by atoms with van der Waals surface area (Å²) >= 11 is 6.40. The first-order valence-corrected chi connectivity index (χ1v) is 10.7. The van der Waals surface area contributed by atoms with Gasteiger partial charge < -0.3 is 9.47 Å². The SMILES string of the molecule is C=CCN1C(=O)/C(=C\c2ccc(Oc3ccc([N+](=O)[O-])cc3[N+](=O)[O-])c(OCC)c2)SC1=S. The van der Waals surface area contributed by atoms with E-state index >= 15 is 0 Å². The number of non-ortho nitro benzene ring substituents is 1. The maximum Gasteiger partial charge on any atom is 0.318 e. The standard InChI is InChI=1S/C21H17N3O7S2/c1-3-9-22-20(25)19(33-21(22)32)11-13-5-7-17(18(10-13)30-4-2)31-16-8-6-14(23(26)27)12-15(16)24(28)29/h3,5-8,10-12H,1,4,9H2,2H3/b19-11+. The van der Waals surface area contributed by atoms with Crippen LogP contribution in [0.5, 0.6) is 17.2 Å². The third-order valence-corrected chi connectivity index (χ3v) is 5.70. The Kier molecular flexibility index (Phi) is 7.41. The first-order chi connectivity index (χ1) is 15.7. The van der Waals surface area contributed by atoms with Crippen molar-refractivity contribution in [2.75, 3.05) is 13.2 Å². The second-order valence-corrected chi connectivity index (χ2v) is 8.16. The number of thioether (sulfide) groups is 1. The largest absolute Gasteiger partial charge is 0.490 e. The summed E-state index contributed by atoms with van der Waals surface area (Å²) in [6.07, 6.45) is 3.24. The number of ether oxygens (including phenoxy) is 2. The van der Waals surface area contributed by atoms with Crippen molar-refractivity contribution in [1.29, 1.82) is 0 Å². The molecule has 170 valence electrons. The minimum absolute atomic E-state index is 0.171. The van der Waals surface area contributed by atoms with E-state index in [2.05, 4.69) is 6.58 Å². The normalized spacial score (nSPS) is 14.5. The molecule has 1 aliphatic rings. The van der Waals surface area contributed by atoms with Crippen molar-refractivity contribution < 1.29 is 24.1 Å². The van der Waals surface area contributed by atoms with Crippen LogP contribution in [0.25, 0.3) is 6.08 Å². The molecule has 0 N–H and O–H groups in total. The molecular formula is C21H17N3O7S2. The zero-order chi connectivity index (χ0) is 24.1. The van der Waals surface area contributed by atoms with Crippen molar-refractivity contribution in [3.05, 3.63) is 79.8 Å². The van der Waals surface area contributed by atoms with Gasteiger partial charge in [-0.1, -0.05) is 36.1 Å². The van der Waals surface area contributed by atoms with E-state index in [0.29, 0.717) is 21.3 Å². The quantitative estimate of drug-likeness (QED) is 0.156. The summed E-state index contributed by atoms with van der Waals surface area (Å²) in [4.78, 5) is 35.2. The monoisotopic (exact) mass is 487 g/mol. The number of amides is 1. The third-order valence-electron chi connectivity index (χ3n) is 4.32. The van der Waals surface area contributed by atoms with E-state index in [1.54, 1.807) is 31.2 Å². The fourth-order valence-corrected chi connectivity index (χ4v) is 4.15. The molecule has 2 aromatic rings. The van der Waals surface area contributed by atoms with E-state index in [0.717, 1.165) is 18.2 Å². The molecule has 2 aromatic carbocycles. The Bertz CT molecular complexity index is 1200. The Labute approximate surface area is 197 Å². The van der Waals surface area contributed by atoms with E-state index in [4.69, 9.17) is 21.7 Å². The van der Waals surface area contributed by atoms with E-state index < -0.39 is 21.2 Å². The molecule has 0 atom stereocenters. The predicted molar refractivity (Wildman–Crippen MR) is 128 cm³/mol. The van der Waals surface area contributed by atoms with Crippen LogP contribution in [-0.2, 0) is 4.79 Å². The van der Waals surface area contributed by atoms with Gasteiger partial charge in [0.05, 0.1) is 27.4 Å². The van der Waals surface area contributed by atoms with Gasteiger partial charge in [0, 0.05) is 12.6 Å². The molecule has 0 unspecified atom stereocenters. The summed E-state index contributed by atoms with van der Waals surface area (Å²) in [5, 5.41) is 22.3. The van der Waals surface area contributed by atoms with E-state index in [9.17, 15) is 25.0 Å². The van der Waals surface area contributed by atoms with Gasteiger partial charge in [-0.15, -0.1) is 6.58 Å². The molecule has 0 aromatic heterocycles. The average Bonchev–Trinajstić information content (AvgIpc) is 3.03. The van der Waals surface area contributed by atoms with Crippen LogP contribution < -0.4 is 9.47 Å². The van der Waals surface area contributed by atoms with Crippen molar-refractivity contribution in [2.24, 2.45) is 0 Å². The Balaban J connectivity index is 1.94. The van der Waals surface area contributed by atoms with E-state index in [-0.39, 0.29) is 29.8 Å². The molecule has 1 aliphatic heterocycles. The summed E-state index contributed by atoms with van der Waals surface area (Å²) in [7, 11) is 0. The van der Waals surface area contributed by atoms with Gasteiger partial charge in [-0.2, -0.15) is 0 Å². The number of thiocarbonyl (C=S) groups is 1.